The van der Waals surface area contributed by atoms with Crippen LogP contribution in [-0.4, -0.2) is 50.4 Å². The first-order chi connectivity index (χ1) is 13.1. The average molecular weight is 409 g/mol. The Morgan fingerprint density at radius 3 is 2.54 bits per heavy atom. The Bertz CT molecular complexity index is 1030. The Morgan fingerprint density at radius 1 is 1.25 bits per heavy atom. The summed E-state index contributed by atoms with van der Waals surface area (Å²) in [5.41, 5.74) is -0.708. The summed E-state index contributed by atoms with van der Waals surface area (Å²) >= 11 is 1.04. The van der Waals surface area contributed by atoms with Crippen molar-refractivity contribution in [2.75, 3.05) is 19.4 Å². The molecule has 0 unspecified atom stereocenters. The van der Waals surface area contributed by atoms with Crippen molar-refractivity contribution in [2.24, 2.45) is 13.0 Å². The number of fused-ring (bicyclic) bond motifs is 1. The van der Waals surface area contributed by atoms with Crippen molar-refractivity contribution in [3.05, 3.63) is 26.7 Å². The monoisotopic (exact) mass is 409 g/mol. The van der Waals surface area contributed by atoms with E-state index in [9.17, 15) is 19.2 Å². The highest BCUT2D eigenvalue weighted by atomic mass is 32.2. The summed E-state index contributed by atoms with van der Waals surface area (Å²) in [6, 6.07) is 0. The first kappa shape index (κ1) is 21.6. The van der Waals surface area contributed by atoms with Crippen molar-refractivity contribution in [2.45, 2.75) is 32.3 Å². The largest absolute Gasteiger partial charge is 0.468 e. The van der Waals surface area contributed by atoms with Gasteiger partial charge in [0.2, 0.25) is 5.91 Å². The van der Waals surface area contributed by atoms with Crippen molar-refractivity contribution < 1.29 is 14.3 Å². The van der Waals surface area contributed by atoms with Crippen molar-refractivity contribution in [1.29, 1.82) is 0 Å². The maximum absolute atomic E-state index is 12.7. The number of aromatic nitrogens is 4. The molecule has 2 heterocycles. The molecule has 2 rings (SSSR count). The third-order valence-electron chi connectivity index (χ3n) is 3.81. The molecule has 1 N–H and O–H groups in total. The highest BCUT2D eigenvalue weighted by Gasteiger charge is 2.19. The molecule has 28 heavy (non-hydrogen) atoms. The molecule has 10 nitrogen and oxygen atoms in total. The van der Waals surface area contributed by atoms with E-state index in [2.05, 4.69) is 20.0 Å². The van der Waals surface area contributed by atoms with Gasteiger partial charge in [0.1, 0.15) is 22.8 Å². The molecule has 0 aliphatic heterocycles. The SMILES string of the molecule is COC(=O)CNC(=O)CSc1nc(C)nc2c1c(=O)n(C)c(=O)n2CC(C)C. The summed E-state index contributed by atoms with van der Waals surface area (Å²) in [5.74, 6) is -0.487. The fraction of sp³-hybridized carbons (Fsp3) is 0.529. The van der Waals surface area contributed by atoms with E-state index in [1.165, 1.54) is 18.7 Å². The zero-order chi connectivity index (χ0) is 21.0. The highest BCUT2D eigenvalue weighted by molar-refractivity contribution is 8.00. The molecule has 2 aromatic heterocycles. The number of aryl methyl sites for hydroxylation is 1. The molecule has 0 aliphatic rings. The van der Waals surface area contributed by atoms with Crippen molar-refractivity contribution >= 4 is 34.7 Å². The molecular weight excluding hydrogens is 386 g/mol. The van der Waals surface area contributed by atoms with E-state index >= 15 is 0 Å². The summed E-state index contributed by atoms with van der Waals surface area (Å²) in [6.07, 6.45) is 0. The molecule has 0 saturated carbocycles. The van der Waals surface area contributed by atoms with Crippen molar-refractivity contribution in [3.8, 4) is 0 Å². The Kier molecular flexibility index (Phi) is 6.95. The third kappa shape index (κ3) is 4.77. The van der Waals surface area contributed by atoms with Crippen LogP contribution in [0.15, 0.2) is 14.6 Å². The molecule has 0 aliphatic carbocycles. The molecule has 0 fully saturated rings. The number of amides is 1. The van der Waals surface area contributed by atoms with Gasteiger partial charge in [-0.05, 0) is 12.8 Å². The fourth-order valence-corrected chi connectivity index (χ4v) is 3.39. The lowest BCUT2D eigenvalue weighted by Crippen LogP contribution is -2.39. The number of hydrogen-bond donors (Lipinski definition) is 1. The number of rotatable bonds is 7. The van der Waals surface area contributed by atoms with Crippen LogP contribution in [0.3, 0.4) is 0 Å². The topological polar surface area (TPSA) is 125 Å². The van der Waals surface area contributed by atoms with Gasteiger partial charge >= 0.3 is 11.7 Å². The van der Waals surface area contributed by atoms with Crippen molar-refractivity contribution in [1.82, 2.24) is 24.4 Å². The fourth-order valence-electron chi connectivity index (χ4n) is 2.50. The normalized spacial score (nSPS) is 11.1. The summed E-state index contributed by atoms with van der Waals surface area (Å²) in [7, 11) is 2.63. The maximum Gasteiger partial charge on any atom is 0.332 e. The summed E-state index contributed by atoms with van der Waals surface area (Å²) in [5, 5.41) is 2.93. The van der Waals surface area contributed by atoms with Gasteiger partial charge in [-0.25, -0.2) is 14.8 Å². The summed E-state index contributed by atoms with van der Waals surface area (Å²) < 4.78 is 6.94. The van der Waals surface area contributed by atoms with E-state index in [4.69, 9.17) is 0 Å². The molecule has 0 saturated heterocycles. The van der Waals surface area contributed by atoms with Crippen LogP contribution in [0.4, 0.5) is 0 Å². The molecular formula is C17H23N5O5S. The number of carbonyl (C=O) groups excluding carboxylic acids is 2. The summed E-state index contributed by atoms with van der Waals surface area (Å²) in [4.78, 5) is 56.9. The number of ether oxygens (including phenoxy) is 1. The van der Waals surface area contributed by atoms with Crippen LogP contribution in [0.25, 0.3) is 11.0 Å². The van der Waals surface area contributed by atoms with Crippen LogP contribution < -0.4 is 16.6 Å². The highest BCUT2D eigenvalue weighted by Crippen LogP contribution is 2.22. The van der Waals surface area contributed by atoms with E-state index < -0.39 is 23.1 Å². The minimum Gasteiger partial charge on any atom is -0.468 e. The van der Waals surface area contributed by atoms with Gasteiger partial charge in [-0.1, -0.05) is 25.6 Å². The van der Waals surface area contributed by atoms with E-state index in [-0.39, 0.29) is 29.2 Å². The lowest BCUT2D eigenvalue weighted by Gasteiger charge is -2.15. The minimum atomic E-state index is -0.562. The van der Waals surface area contributed by atoms with Gasteiger partial charge in [0.05, 0.1) is 12.9 Å². The number of esters is 1. The molecule has 0 aromatic carbocycles. The van der Waals surface area contributed by atoms with Crippen LogP contribution >= 0.6 is 11.8 Å². The quantitative estimate of drug-likeness (QED) is 0.380. The van der Waals surface area contributed by atoms with Gasteiger partial charge in [-0.3, -0.25) is 23.5 Å². The molecule has 0 spiro atoms. The summed E-state index contributed by atoms with van der Waals surface area (Å²) in [6.45, 7) is 5.72. The molecule has 2 aromatic rings. The predicted molar refractivity (Wildman–Crippen MR) is 104 cm³/mol. The van der Waals surface area contributed by atoms with Crippen LogP contribution in [0.2, 0.25) is 0 Å². The molecule has 0 bridgehead atoms. The molecule has 1 amide bonds. The first-order valence-corrected chi connectivity index (χ1v) is 9.58. The minimum absolute atomic E-state index is 0.0605. The van der Waals surface area contributed by atoms with E-state index in [1.54, 1.807) is 6.92 Å². The Hall–Kier alpha value is -2.69. The van der Waals surface area contributed by atoms with Gasteiger partial charge in [-0.15, -0.1) is 0 Å². The molecule has 0 atom stereocenters. The lowest BCUT2D eigenvalue weighted by atomic mass is 10.2. The number of methoxy groups -OCH3 is 1. The second-order valence-corrected chi connectivity index (χ2v) is 7.53. The first-order valence-electron chi connectivity index (χ1n) is 8.60. The van der Waals surface area contributed by atoms with E-state index in [0.29, 0.717) is 17.4 Å². The molecule has 0 radical (unpaired) electrons. The van der Waals surface area contributed by atoms with Crippen molar-refractivity contribution in [3.63, 3.8) is 0 Å². The van der Waals surface area contributed by atoms with Gasteiger partial charge < -0.3 is 10.1 Å². The average Bonchev–Trinajstić information content (AvgIpc) is 2.65. The van der Waals surface area contributed by atoms with Gasteiger partial charge in [0.15, 0.2) is 5.65 Å². The Morgan fingerprint density at radius 2 is 1.93 bits per heavy atom. The second-order valence-electron chi connectivity index (χ2n) is 6.57. The zero-order valence-corrected chi connectivity index (χ0v) is 17.3. The van der Waals surface area contributed by atoms with Gasteiger partial charge in [-0.2, -0.15) is 0 Å². The predicted octanol–water partition coefficient (Wildman–Crippen LogP) is -0.164. The van der Waals surface area contributed by atoms with Crippen LogP contribution in [0.1, 0.15) is 19.7 Å². The third-order valence-corrected chi connectivity index (χ3v) is 4.78. The number of carbonyl (C=O) groups is 2. The van der Waals surface area contributed by atoms with Gasteiger partial charge in [0.25, 0.3) is 5.56 Å². The van der Waals surface area contributed by atoms with Crippen LogP contribution in [0.5, 0.6) is 0 Å². The van der Waals surface area contributed by atoms with Crippen LogP contribution in [-0.2, 0) is 27.9 Å². The number of hydrogen-bond acceptors (Lipinski definition) is 8. The lowest BCUT2D eigenvalue weighted by molar-refractivity contribution is -0.140. The number of thioether (sulfide) groups is 1. The molecule has 11 heteroatoms. The molecule has 152 valence electrons. The van der Waals surface area contributed by atoms with E-state index in [0.717, 1.165) is 16.3 Å². The zero-order valence-electron chi connectivity index (χ0n) is 16.4. The number of nitrogens with zero attached hydrogens (tertiary/aromatic N) is 4. The number of nitrogens with one attached hydrogen (secondary N) is 1. The standard InChI is InChI=1S/C17H23N5O5S/c1-9(2)7-22-14-13(16(25)21(4)17(22)26)15(20-10(3)19-14)28-8-11(23)18-6-12(24)27-5/h9H,6-8H2,1-5H3,(H,18,23). The maximum atomic E-state index is 12.7. The van der Waals surface area contributed by atoms with Crippen LogP contribution in [0, 0.1) is 12.8 Å². The van der Waals surface area contributed by atoms with Gasteiger partial charge in [0, 0.05) is 13.6 Å². The van der Waals surface area contributed by atoms with E-state index in [1.807, 2.05) is 13.8 Å². The second kappa shape index (κ2) is 9.00. The smallest absolute Gasteiger partial charge is 0.332 e. The Balaban J connectivity index is 2.45. The Labute approximate surface area is 165 Å².